The number of aliphatic carboxylic acids is 1. The molecule has 1 aromatic heterocycles. The lowest BCUT2D eigenvalue weighted by molar-refractivity contribution is -0.138. The second-order valence-electron chi connectivity index (χ2n) is 4.60. The number of hydrogen-bond acceptors (Lipinski definition) is 2. The number of carbonyl (C=O) groups is 1. The van der Waals surface area contributed by atoms with Crippen LogP contribution >= 0.6 is 0 Å². The zero-order chi connectivity index (χ0) is 13.6. The first kappa shape index (κ1) is 11.8. The summed E-state index contributed by atoms with van der Waals surface area (Å²) in [6, 6.07) is 3.56. The van der Waals surface area contributed by atoms with E-state index < -0.39 is 23.5 Å². The van der Waals surface area contributed by atoms with E-state index >= 15 is 0 Å². The van der Waals surface area contributed by atoms with Crippen molar-refractivity contribution in [2.24, 2.45) is 5.92 Å². The van der Waals surface area contributed by atoms with Crippen molar-refractivity contribution in [2.45, 2.75) is 12.3 Å². The molecule has 4 nitrogen and oxygen atoms in total. The summed E-state index contributed by atoms with van der Waals surface area (Å²) < 4.78 is 26.0. The summed E-state index contributed by atoms with van der Waals surface area (Å²) in [5.74, 6) is -2.61. The van der Waals surface area contributed by atoms with Crippen LogP contribution in [-0.2, 0) is 4.79 Å². The van der Waals surface area contributed by atoms with Crippen LogP contribution in [0.1, 0.15) is 18.2 Å². The summed E-state index contributed by atoms with van der Waals surface area (Å²) in [7, 11) is 0. The van der Waals surface area contributed by atoms with Crippen LogP contribution in [0.3, 0.4) is 0 Å². The van der Waals surface area contributed by atoms with Gasteiger partial charge in [-0.3, -0.25) is 4.79 Å². The maximum Gasteiger partial charge on any atom is 0.307 e. The molecular weight excluding hydrogens is 254 g/mol. The minimum atomic E-state index is -0.927. The van der Waals surface area contributed by atoms with E-state index in [1.54, 1.807) is 0 Å². The Kier molecular flexibility index (Phi) is 2.58. The normalized spacial score (nSPS) is 21.4. The molecule has 2 unspecified atom stereocenters. The molecular formula is C13H10F2N2O2. The summed E-state index contributed by atoms with van der Waals surface area (Å²) >= 11 is 0. The number of H-pyrrole nitrogens is 1. The molecule has 0 spiro atoms. The monoisotopic (exact) mass is 264 g/mol. The number of halogens is 2. The van der Waals surface area contributed by atoms with E-state index in [4.69, 9.17) is 5.11 Å². The number of aromatic nitrogens is 2. The molecule has 0 bridgehead atoms. The van der Waals surface area contributed by atoms with Crippen molar-refractivity contribution in [3.05, 3.63) is 41.9 Å². The average molecular weight is 264 g/mol. The van der Waals surface area contributed by atoms with Crippen LogP contribution in [0.25, 0.3) is 11.3 Å². The number of imidazole rings is 1. The third-order valence-electron chi connectivity index (χ3n) is 3.28. The van der Waals surface area contributed by atoms with Crippen LogP contribution < -0.4 is 0 Å². The highest BCUT2D eigenvalue weighted by Gasteiger charge is 2.46. The van der Waals surface area contributed by atoms with Crippen molar-refractivity contribution in [2.75, 3.05) is 0 Å². The molecule has 2 aromatic rings. The molecule has 19 heavy (non-hydrogen) atoms. The zero-order valence-corrected chi connectivity index (χ0v) is 9.73. The first-order chi connectivity index (χ1) is 9.06. The van der Waals surface area contributed by atoms with Crippen LogP contribution in [0.4, 0.5) is 8.78 Å². The van der Waals surface area contributed by atoms with Gasteiger partial charge in [0.05, 0.1) is 17.8 Å². The first-order valence-electron chi connectivity index (χ1n) is 5.79. The van der Waals surface area contributed by atoms with Crippen molar-refractivity contribution < 1.29 is 18.7 Å². The smallest absolute Gasteiger partial charge is 0.307 e. The van der Waals surface area contributed by atoms with E-state index in [0.29, 0.717) is 23.5 Å². The number of hydrogen-bond donors (Lipinski definition) is 2. The molecule has 98 valence electrons. The van der Waals surface area contributed by atoms with Crippen LogP contribution in [0, 0.1) is 17.6 Å². The van der Waals surface area contributed by atoms with E-state index in [2.05, 4.69) is 9.97 Å². The number of benzene rings is 1. The van der Waals surface area contributed by atoms with Gasteiger partial charge in [0.2, 0.25) is 0 Å². The molecule has 3 rings (SSSR count). The Morgan fingerprint density at radius 2 is 2.16 bits per heavy atom. The molecule has 6 heteroatoms. The van der Waals surface area contributed by atoms with E-state index in [1.807, 2.05) is 0 Å². The van der Waals surface area contributed by atoms with Gasteiger partial charge in [-0.2, -0.15) is 0 Å². The summed E-state index contributed by atoms with van der Waals surface area (Å²) in [5.41, 5.74) is 1.02. The van der Waals surface area contributed by atoms with Gasteiger partial charge < -0.3 is 10.1 Å². The Balaban J connectivity index is 1.85. The summed E-state index contributed by atoms with van der Waals surface area (Å²) in [6.07, 6.45) is 2.05. The Labute approximate surface area is 107 Å². The second kappa shape index (κ2) is 4.15. The third-order valence-corrected chi connectivity index (χ3v) is 3.28. The average Bonchev–Trinajstić information content (AvgIpc) is 3.04. The minimum absolute atomic E-state index is 0.114. The Hall–Kier alpha value is -2.24. The van der Waals surface area contributed by atoms with E-state index in [9.17, 15) is 13.6 Å². The van der Waals surface area contributed by atoms with E-state index in [1.165, 1.54) is 12.3 Å². The Morgan fingerprint density at radius 3 is 2.79 bits per heavy atom. The maximum absolute atomic E-state index is 13.1. The molecule has 1 aliphatic carbocycles. The highest BCUT2D eigenvalue weighted by Crippen LogP contribution is 2.46. The molecule has 1 aliphatic rings. The van der Waals surface area contributed by atoms with E-state index in [0.717, 1.165) is 12.1 Å². The van der Waals surface area contributed by atoms with Crippen molar-refractivity contribution in [3.8, 4) is 11.3 Å². The quantitative estimate of drug-likeness (QED) is 0.895. The van der Waals surface area contributed by atoms with Gasteiger partial charge in [0.1, 0.15) is 5.82 Å². The molecule has 2 atom stereocenters. The summed E-state index contributed by atoms with van der Waals surface area (Å²) in [4.78, 5) is 17.8. The SMILES string of the molecule is O=C(O)C1CC1c1ncc(-c2ccc(F)c(F)c2)[nH]1. The molecule has 0 amide bonds. The third kappa shape index (κ3) is 2.09. The predicted octanol–water partition coefficient (Wildman–Crippen LogP) is 2.54. The van der Waals surface area contributed by atoms with Crippen LogP contribution in [0.5, 0.6) is 0 Å². The van der Waals surface area contributed by atoms with Crippen molar-refractivity contribution >= 4 is 5.97 Å². The lowest BCUT2D eigenvalue weighted by atomic mass is 10.1. The highest BCUT2D eigenvalue weighted by molar-refractivity contribution is 5.75. The molecule has 0 aliphatic heterocycles. The predicted molar refractivity (Wildman–Crippen MR) is 62.4 cm³/mol. The molecule has 1 aromatic carbocycles. The molecule has 0 saturated heterocycles. The summed E-state index contributed by atoms with van der Waals surface area (Å²) in [6.45, 7) is 0. The zero-order valence-electron chi connectivity index (χ0n) is 9.73. The number of aromatic amines is 1. The molecule has 2 N–H and O–H groups in total. The molecule has 1 heterocycles. The van der Waals surface area contributed by atoms with Gasteiger partial charge in [-0.1, -0.05) is 0 Å². The van der Waals surface area contributed by atoms with Gasteiger partial charge in [0.15, 0.2) is 11.6 Å². The summed E-state index contributed by atoms with van der Waals surface area (Å²) in [5, 5.41) is 8.84. The van der Waals surface area contributed by atoms with Gasteiger partial charge >= 0.3 is 5.97 Å². The van der Waals surface area contributed by atoms with Gasteiger partial charge in [0.25, 0.3) is 0 Å². The van der Waals surface area contributed by atoms with Gasteiger partial charge in [-0.05, 0) is 24.6 Å². The fourth-order valence-corrected chi connectivity index (χ4v) is 2.11. The molecule has 0 radical (unpaired) electrons. The Morgan fingerprint density at radius 1 is 1.37 bits per heavy atom. The lowest BCUT2D eigenvalue weighted by Crippen LogP contribution is -1.99. The van der Waals surface area contributed by atoms with Gasteiger partial charge in [0, 0.05) is 11.5 Å². The lowest BCUT2D eigenvalue weighted by Gasteiger charge is -1.98. The van der Waals surface area contributed by atoms with Crippen LogP contribution in [0.2, 0.25) is 0 Å². The topological polar surface area (TPSA) is 66.0 Å². The molecule has 1 fully saturated rings. The van der Waals surface area contributed by atoms with Gasteiger partial charge in [-0.25, -0.2) is 13.8 Å². The number of nitrogens with one attached hydrogen (secondary N) is 1. The van der Waals surface area contributed by atoms with E-state index in [-0.39, 0.29) is 5.92 Å². The minimum Gasteiger partial charge on any atom is -0.481 e. The number of nitrogens with zero attached hydrogens (tertiary/aromatic N) is 1. The number of rotatable bonds is 3. The molecule has 1 saturated carbocycles. The first-order valence-corrected chi connectivity index (χ1v) is 5.79. The second-order valence-corrected chi connectivity index (χ2v) is 4.60. The van der Waals surface area contributed by atoms with Crippen molar-refractivity contribution in [1.82, 2.24) is 9.97 Å². The number of carboxylic acids is 1. The highest BCUT2D eigenvalue weighted by atomic mass is 19.2. The van der Waals surface area contributed by atoms with Crippen molar-refractivity contribution in [1.29, 1.82) is 0 Å². The van der Waals surface area contributed by atoms with Crippen LogP contribution in [-0.4, -0.2) is 21.0 Å². The fraction of sp³-hybridized carbons (Fsp3) is 0.231. The maximum atomic E-state index is 13.1. The standard InChI is InChI=1S/C13H10F2N2O2/c14-9-2-1-6(3-10(9)15)11-5-16-12(17-11)7-4-8(7)13(18)19/h1-3,5,7-8H,4H2,(H,16,17)(H,18,19). The largest absolute Gasteiger partial charge is 0.481 e. The van der Waals surface area contributed by atoms with Crippen LogP contribution in [0.15, 0.2) is 24.4 Å². The van der Waals surface area contributed by atoms with Crippen molar-refractivity contribution in [3.63, 3.8) is 0 Å². The fourth-order valence-electron chi connectivity index (χ4n) is 2.11. The number of carboxylic acid groups (broad SMARTS) is 1. The van der Waals surface area contributed by atoms with Gasteiger partial charge in [-0.15, -0.1) is 0 Å². The Bertz CT molecular complexity index is 654.